The van der Waals surface area contributed by atoms with E-state index in [1.165, 1.54) is 0 Å². The van der Waals surface area contributed by atoms with Crippen LogP contribution in [0.2, 0.25) is 0 Å². The molecule has 0 rings (SSSR count). The van der Waals surface area contributed by atoms with Crippen molar-refractivity contribution in [3.8, 4) is 0 Å². The summed E-state index contributed by atoms with van der Waals surface area (Å²) in [6, 6.07) is 0. The van der Waals surface area contributed by atoms with Crippen molar-refractivity contribution in [2.45, 2.75) is 0 Å². The Balaban J connectivity index is -0.00000000889. The molecule has 0 aliphatic rings. The van der Waals surface area contributed by atoms with Crippen LogP contribution >= 0.6 is 23.5 Å². The number of phosphoric acid groups is 3. The number of hydrogen-bond acceptors (Lipinski definition) is 12. The van der Waals surface area contributed by atoms with Crippen molar-refractivity contribution in [3.05, 3.63) is 0 Å². The van der Waals surface area contributed by atoms with Crippen molar-refractivity contribution in [3.63, 3.8) is 0 Å². The van der Waals surface area contributed by atoms with Crippen molar-refractivity contribution in [1.82, 2.24) is 0 Å². The molecule has 0 aliphatic carbocycles. The molecule has 145 valence electrons. The molecule has 15 nitrogen and oxygen atoms in total. The first kappa shape index (κ1) is 72.4. The second kappa shape index (κ2) is 32.5. The Morgan fingerprint density at radius 2 is 0.348 bits per heavy atom. The van der Waals surface area contributed by atoms with Gasteiger partial charge in [-0.25, -0.2) is 0 Å². The van der Waals surface area contributed by atoms with Crippen LogP contribution in [0.15, 0.2) is 0 Å². The normalized spacial score (nSPS) is 7.70. The van der Waals surface area contributed by atoms with Gasteiger partial charge in [0, 0.05) is 0 Å². The topological polar surface area (TPSA) is 344 Å². The fourth-order valence-electron chi connectivity index (χ4n) is 0. The van der Waals surface area contributed by atoms with Crippen molar-refractivity contribution >= 4 is 23.5 Å². The molecule has 0 fully saturated rings. The van der Waals surface area contributed by atoms with Gasteiger partial charge in [0.25, 0.3) is 0 Å². The fourth-order valence-corrected chi connectivity index (χ4v) is 0. The summed E-state index contributed by atoms with van der Waals surface area (Å²) in [6.45, 7) is 0. The van der Waals surface area contributed by atoms with Gasteiger partial charge in [-0.05, 0) is 0 Å². The van der Waals surface area contributed by atoms with Gasteiger partial charge in [0.05, 0.1) is 0 Å². The van der Waals surface area contributed by atoms with E-state index in [0.717, 1.165) is 0 Å². The molecule has 0 unspecified atom stereocenters. The molecule has 0 atom stereocenters. The minimum atomic E-state index is -5.39. The van der Waals surface area contributed by atoms with Crippen LogP contribution in [-0.2, 0) is 115 Å². The Bertz CT molecular complexity index is 215. The second-order valence-corrected chi connectivity index (χ2v) is 4.02. The zero-order valence-corrected chi connectivity index (χ0v) is 17.4. The summed E-state index contributed by atoms with van der Waals surface area (Å²) in [6.07, 6.45) is 0. The van der Waals surface area contributed by atoms with Crippen LogP contribution in [-0.4, -0.2) is 0 Å². The molecule has 0 bridgehead atoms. The summed E-state index contributed by atoms with van der Waals surface area (Å²) in [5, 5.41) is 0. The molecular weight excluding hydrogens is 612 g/mol. The molecule has 0 aromatic carbocycles. The molecule has 0 N–H and O–H groups in total. The van der Waals surface area contributed by atoms with Crippen LogP contribution in [0.25, 0.3) is 0 Å². The van der Waals surface area contributed by atoms with Crippen molar-refractivity contribution in [2.24, 2.45) is 0 Å². The van der Waals surface area contributed by atoms with Gasteiger partial charge in [0.15, 0.2) is 0 Å². The minimum Gasteiger partial charge on any atom is -2.00 e. The molecule has 23 heavy (non-hydrogen) atoms. The SMILES string of the molecule is O=P([O-])([O-])[O-].O=P([O-])([O-])[O-].O=P([O-])([O-])[O-].[Fe+3].[Fe+3].[Fe+3].[Fe+3].[Fe+3].[O-2].[O-2].[O-2]. The molecule has 0 spiro atoms. The van der Waals surface area contributed by atoms with Crippen LogP contribution in [0.4, 0.5) is 0 Å². The van der Waals surface area contributed by atoms with Gasteiger partial charge >= 0.3 is 85.3 Å². The standard InChI is InChI=1S/5Fe.3H3O4P.3O/c;;;;;3*1-5(2,3)4;;;/h;;;;;3*(H3,1,2,3,4);;;/q5*+3;;;;3*-2/p-9. The first-order chi connectivity index (χ1) is 6.00. The molecule has 0 aromatic heterocycles. The molecular formula is Fe5O15P3. The number of hydrogen-bond donors (Lipinski definition) is 0. The van der Waals surface area contributed by atoms with E-state index in [4.69, 9.17) is 57.7 Å². The summed E-state index contributed by atoms with van der Waals surface area (Å²) >= 11 is 0. The van der Waals surface area contributed by atoms with Crippen molar-refractivity contribution in [2.75, 3.05) is 0 Å². The van der Waals surface area contributed by atoms with Gasteiger partial charge in [0.2, 0.25) is 0 Å². The first-order valence-corrected chi connectivity index (χ1v) is 6.57. The van der Waals surface area contributed by atoms with Crippen LogP contribution in [0, 0.1) is 0 Å². The zero-order chi connectivity index (χ0) is 13.5. The average Bonchev–Trinajstić information content (AvgIpc) is 1.41. The molecule has 0 saturated heterocycles. The van der Waals surface area contributed by atoms with E-state index < -0.39 is 23.5 Å². The Hall–Kier alpha value is 2.81. The van der Waals surface area contributed by atoms with E-state index in [-0.39, 0.29) is 102 Å². The van der Waals surface area contributed by atoms with Gasteiger partial charge in [-0.15, -0.1) is 0 Å². The maximum atomic E-state index is 8.55. The molecule has 0 amide bonds. The van der Waals surface area contributed by atoms with Crippen molar-refractivity contribution in [1.29, 1.82) is 0 Å². The predicted octanol–water partition coefficient (Wildman–Crippen LogP) is -8.84. The quantitative estimate of drug-likeness (QED) is 0.182. The van der Waals surface area contributed by atoms with Crippen molar-refractivity contribution < 1.29 is 160 Å². The van der Waals surface area contributed by atoms with Crippen LogP contribution < -0.4 is 44.0 Å². The Morgan fingerprint density at radius 3 is 0.348 bits per heavy atom. The molecule has 0 aliphatic heterocycles. The molecule has 0 saturated carbocycles. The largest absolute Gasteiger partial charge is 3.00 e. The molecule has 0 aromatic rings. The summed E-state index contributed by atoms with van der Waals surface area (Å²) < 4.78 is 25.6. The van der Waals surface area contributed by atoms with Gasteiger partial charge < -0.3 is 74.2 Å². The van der Waals surface area contributed by atoms with Gasteiger partial charge in [-0.2, -0.15) is 23.5 Å². The maximum Gasteiger partial charge on any atom is 3.00 e. The summed E-state index contributed by atoms with van der Waals surface area (Å²) in [5.74, 6) is 0. The third-order valence-electron chi connectivity index (χ3n) is 0. The second-order valence-electron chi connectivity index (χ2n) is 1.34. The van der Waals surface area contributed by atoms with E-state index in [0.29, 0.717) is 0 Å². The predicted molar refractivity (Wildman–Crippen MR) is 24.9 cm³/mol. The fraction of sp³-hybridized carbons (Fsp3) is 0. The maximum absolute atomic E-state index is 8.55. The van der Waals surface area contributed by atoms with E-state index in [1.807, 2.05) is 0 Å². The Labute approximate surface area is 182 Å². The number of rotatable bonds is 0. The van der Waals surface area contributed by atoms with Crippen LogP contribution in [0.5, 0.6) is 0 Å². The summed E-state index contributed by atoms with van der Waals surface area (Å²) in [4.78, 5) is 76.9. The summed E-state index contributed by atoms with van der Waals surface area (Å²) in [5.41, 5.74) is 0. The smallest absolute Gasteiger partial charge is 2.00 e. The van der Waals surface area contributed by atoms with Crippen LogP contribution in [0.3, 0.4) is 0 Å². The van der Waals surface area contributed by atoms with E-state index in [2.05, 4.69) is 0 Å². The minimum absolute atomic E-state index is 0. The monoisotopic (exact) mass is 613 g/mol. The first-order valence-electron chi connectivity index (χ1n) is 2.19. The molecule has 0 heterocycles. The zero-order valence-electron chi connectivity index (χ0n) is 9.23. The van der Waals surface area contributed by atoms with Gasteiger partial charge in [-0.3, -0.25) is 0 Å². The van der Waals surface area contributed by atoms with Gasteiger partial charge in [0.1, 0.15) is 0 Å². The van der Waals surface area contributed by atoms with Crippen LogP contribution in [0.1, 0.15) is 0 Å². The van der Waals surface area contributed by atoms with E-state index in [9.17, 15) is 0 Å². The molecule has 5 radical (unpaired) electrons. The van der Waals surface area contributed by atoms with E-state index in [1.54, 1.807) is 0 Å². The third-order valence-corrected chi connectivity index (χ3v) is 0. The molecule has 23 heteroatoms. The third kappa shape index (κ3) is 1640. The summed E-state index contributed by atoms with van der Waals surface area (Å²) in [7, 11) is -16.2. The van der Waals surface area contributed by atoms with Gasteiger partial charge in [-0.1, -0.05) is 0 Å². The van der Waals surface area contributed by atoms with E-state index >= 15 is 0 Å². The average molecular weight is 612 g/mol. The Kier molecular flexibility index (Phi) is 102. The Morgan fingerprint density at radius 1 is 0.348 bits per heavy atom.